The van der Waals surface area contributed by atoms with Crippen LogP contribution in [0.2, 0.25) is 0 Å². The van der Waals surface area contributed by atoms with Crippen LogP contribution in [0.25, 0.3) is 0 Å². The van der Waals surface area contributed by atoms with Crippen molar-refractivity contribution in [1.29, 1.82) is 0 Å². The summed E-state index contributed by atoms with van der Waals surface area (Å²) in [7, 11) is 0.981. The van der Waals surface area contributed by atoms with Gasteiger partial charge in [0.05, 0.1) is 23.9 Å². The van der Waals surface area contributed by atoms with Gasteiger partial charge in [-0.05, 0) is 18.2 Å². The van der Waals surface area contributed by atoms with E-state index >= 15 is 0 Å². The summed E-state index contributed by atoms with van der Waals surface area (Å²) >= 11 is 0. The molecule has 0 saturated carbocycles. The van der Waals surface area contributed by atoms with E-state index in [2.05, 4.69) is 4.74 Å². The van der Waals surface area contributed by atoms with E-state index in [1.807, 2.05) is 5.32 Å². The number of benzene rings is 2. The van der Waals surface area contributed by atoms with E-state index in [-0.39, 0.29) is 0 Å². The SMILES string of the molecule is COC(=O)c1cc(NC(=O)COc2ccccc2C(F)(F)F)c(F)cc1F. The zero-order valence-corrected chi connectivity index (χ0v) is 13.7. The molecule has 0 aliphatic carbocycles. The molecule has 0 saturated heterocycles. The molecule has 5 nitrogen and oxygen atoms in total. The van der Waals surface area contributed by atoms with E-state index in [9.17, 15) is 31.5 Å². The van der Waals surface area contributed by atoms with Crippen molar-refractivity contribution in [2.45, 2.75) is 6.18 Å². The number of carbonyl (C=O) groups is 2. The number of amides is 1. The van der Waals surface area contributed by atoms with Crippen LogP contribution in [-0.2, 0) is 15.7 Å². The van der Waals surface area contributed by atoms with Crippen molar-refractivity contribution in [3.8, 4) is 5.75 Å². The number of hydrogen-bond acceptors (Lipinski definition) is 4. The van der Waals surface area contributed by atoms with E-state index in [1.165, 1.54) is 6.07 Å². The molecule has 1 N–H and O–H groups in total. The Kier molecular flexibility index (Phi) is 5.98. The molecule has 144 valence electrons. The highest BCUT2D eigenvalue weighted by atomic mass is 19.4. The summed E-state index contributed by atoms with van der Waals surface area (Å²) < 4.78 is 75.0. The lowest BCUT2D eigenvalue weighted by molar-refractivity contribution is -0.139. The first kappa shape index (κ1) is 20.1. The number of esters is 1. The van der Waals surface area contributed by atoms with Gasteiger partial charge in [0, 0.05) is 6.07 Å². The number of ether oxygens (including phenoxy) is 2. The highest BCUT2D eigenvalue weighted by molar-refractivity contribution is 5.95. The summed E-state index contributed by atoms with van der Waals surface area (Å²) in [5.41, 5.74) is -2.27. The second-order valence-electron chi connectivity index (χ2n) is 5.13. The Bertz CT molecular complexity index is 867. The maximum Gasteiger partial charge on any atom is 0.419 e. The summed E-state index contributed by atoms with van der Waals surface area (Å²) in [6.07, 6.45) is -4.69. The number of para-hydroxylation sites is 1. The van der Waals surface area contributed by atoms with Gasteiger partial charge >= 0.3 is 12.1 Å². The highest BCUT2D eigenvalue weighted by Gasteiger charge is 2.34. The largest absolute Gasteiger partial charge is 0.483 e. The zero-order chi connectivity index (χ0) is 20.2. The lowest BCUT2D eigenvalue weighted by Gasteiger charge is -2.14. The molecule has 0 aromatic heterocycles. The maximum atomic E-state index is 13.7. The fraction of sp³-hybridized carbons (Fsp3) is 0.176. The Morgan fingerprint density at radius 1 is 1.07 bits per heavy atom. The third kappa shape index (κ3) is 4.93. The summed E-state index contributed by atoms with van der Waals surface area (Å²) in [5, 5.41) is 1.99. The van der Waals surface area contributed by atoms with Crippen LogP contribution >= 0.6 is 0 Å². The minimum atomic E-state index is -4.69. The Morgan fingerprint density at radius 2 is 1.74 bits per heavy atom. The predicted molar refractivity (Wildman–Crippen MR) is 83.3 cm³/mol. The standard InChI is InChI=1S/C17H12F5NO4/c1-26-16(25)9-6-13(12(19)7-11(9)18)23-15(24)8-27-14-5-3-2-4-10(14)17(20,21)22/h2-7H,8H2,1H3,(H,23,24). The fourth-order valence-corrected chi connectivity index (χ4v) is 2.07. The topological polar surface area (TPSA) is 64.6 Å². The van der Waals surface area contributed by atoms with Crippen LogP contribution in [0.1, 0.15) is 15.9 Å². The van der Waals surface area contributed by atoms with Gasteiger partial charge in [0.15, 0.2) is 6.61 Å². The molecule has 2 rings (SSSR count). The van der Waals surface area contributed by atoms with Crippen molar-refractivity contribution in [2.75, 3.05) is 19.0 Å². The molecular weight excluding hydrogens is 377 g/mol. The molecule has 0 heterocycles. The van der Waals surface area contributed by atoms with Crippen LogP contribution in [-0.4, -0.2) is 25.6 Å². The number of anilines is 1. The van der Waals surface area contributed by atoms with Crippen molar-refractivity contribution >= 4 is 17.6 Å². The van der Waals surface area contributed by atoms with Gasteiger partial charge in [-0.15, -0.1) is 0 Å². The van der Waals surface area contributed by atoms with E-state index in [1.54, 1.807) is 0 Å². The van der Waals surface area contributed by atoms with Crippen molar-refractivity contribution in [1.82, 2.24) is 0 Å². The van der Waals surface area contributed by atoms with Crippen LogP contribution in [0.5, 0.6) is 5.75 Å². The number of nitrogens with one attached hydrogen (secondary N) is 1. The third-order valence-electron chi connectivity index (χ3n) is 3.29. The molecule has 0 spiro atoms. The Morgan fingerprint density at radius 3 is 2.37 bits per heavy atom. The van der Waals surface area contributed by atoms with E-state index < -0.39 is 58.9 Å². The van der Waals surface area contributed by atoms with Crippen molar-refractivity contribution < 1.29 is 41.0 Å². The molecule has 0 atom stereocenters. The minimum Gasteiger partial charge on any atom is -0.483 e. The quantitative estimate of drug-likeness (QED) is 0.624. The summed E-state index contributed by atoms with van der Waals surface area (Å²) in [6.45, 7) is -0.878. The van der Waals surface area contributed by atoms with Gasteiger partial charge in [0.25, 0.3) is 5.91 Å². The van der Waals surface area contributed by atoms with Gasteiger partial charge in [0.2, 0.25) is 0 Å². The molecular formula is C17H12F5NO4. The molecule has 2 aromatic rings. The molecule has 0 radical (unpaired) electrons. The van der Waals surface area contributed by atoms with E-state index in [0.29, 0.717) is 12.1 Å². The number of hydrogen-bond donors (Lipinski definition) is 1. The number of methoxy groups -OCH3 is 1. The van der Waals surface area contributed by atoms with Gasteiger partial charge in [0.1, 0.15) is 17.4 Å². The highest BCUT2D eigenvalue weighted by Crippen LogP contribution is 2.35. The lowest BCUT2D eigenvalue weighted by Crippen LogP contribution is -2.22. The van der Waals surface area contributed by atoms with E-state index in [0.717, 1.165) is 25.3 Å². The van der Waals surface area contributed by atoms with Gasteiger partial charge in [-0.25, -0.2) is 13.6 Å². The first-order valence-electron chi connectivity index (χ1n) is 7.29. The maximum absolute atomic E-state index is 13.7. The average molecular weight is 389 g/mol. The lowest BCUT2D eigenvalue weighted by atomic mass is 10.1. The van der Waals surface area contributed by atoms with Gasteiger partial charge in [-0.1, -0.05) is 12.1 Å². The molecule has 1 amide bonds. The summed E-state index contributed by atoms with van der Waals surface area (Å²) in [5.74, 6) is -5.10. The van der Waals surface area contributed by atoms with Crippen molar-refractivity contribution in [3.63, 3.8) is 0 Å². The number of alkyl halides is 3. The molecule has 27 heavy (non-hydrogen) atoms. The van der Waals surface area contributed by atoms with Crippen LogP contribution < -0.4 is 10.1 Å². The molecule has 10 heteroatoms. The van der Waals surface area contributed by atoms with Crippen LogP contribution in [0, 0.1) is 11.6 Å². The average Bonchev–Trinajstić information content (AvgIpc) is 2.61. The number of rotatable bonds is 5. The third-order valence-corrected chi connectivity index (χ3v) is 3.29. The fourth-order valence-electron chi connectivity index (χ4n) is 2.07. The molecule has 0 aliphatic rings. The summed E-state index contributed by atoms with van der Waals surface area (Å²) in [6, 6.07) is 5.29. The molecule has 0 bridgehead atoms. The first-order valence-corrected chi connectivity index (χ1v) is 7.29. The van der Waals surface area contributed by atoms with Crippen LogP contribution in [0.4, 0.5) is 27.6 Å². The second-order valence-corrected chi connectivity index (χ2v) is 5.13. The smallest absolute Gasteiger partial charge is 0.419 e. The first-order chi connectivity index (χ1) is 12.6. The van der Waals surface area contributed by atoms with Crippen LogP contribution in [0.3, 0.4) is 0 Å². The van der Waals surface area contributed by atoms with E-state index in [4.69, 9.17) is 4.74 Å². The van der Waals surface area contributed by atoms with Crippen LogP contribution in [0.15, 0.2) is 36.4 Å². The number of halogens is 5. The van der Waals surface area contributed by atoms with Crippen molar-refractivity contribution in [3.05, 3.63) is 59.2 Å². The zero-order valence-electron chi connectivity index (χ0n) is 13.7. The Labute approximate surface area is 149 Å². The summed E-state index contributed by atoms with van der Waals surface area (Å²) in [4.78, 5) is 23.2. The van der Waals surface area contributed by atoms with Crippen molar-refractivity contribution in [2.24, 2.45) is 0 Å². The van der Waals surface area contributed by atoms with Gasteiger partial charge < -0.3 is 14.8 Å². The monoisotopic (exact) mass is 389 g/mol. The van der Waals surface area contributed by atoms with Gasteiger partial charge in [-0.3, -0.25) is 4.79 Å². The number of carbonyl (C=O) groups excluding carboxylic acids is 2. The normalized spacial score (nSPS) is 11.0. The molecule has 0 aliphatic heterocycles. The van der Waals surface area contributed by atoms with Gasteiger partial charge in [-0.2, -0.15) is 13.2 Å². The minimum absolute atomic E-state index is 0.363. The molecule has 0 unspecified atom stereocenters. The Hall–Kier alpha value is -3.17. The second kappa shape index (κ2) is 8.02. The Balaban J connectivity index is 2.13. The molecule has 0 fully saturated rings. The molecule has 2 aromatic carbocycles. The predicted octanol–water partition coefficient (Wildman–Crippen LogP) is 3.79.